The summed E-state index contributed by atoms with van der Waals surface area (Å²) in [5, 5.41) is 10.5. The fraction of sp³-hybridized carbons (Fsp3) is 0.452. The number of alkyl halides is 1. The third kappa shape index (κ3) is 4.05. The van der Waals surface area contributed by atoms with Gasteiger partial charge in [0.2, 0.25) is 0 Å². The highest BCUT2D eigenvalue weighted by atomic mass is 35.5. The molecule has 2 aromatic heterocycles. The molecule has 0 unspecified atom stereocenters. The second-order valence-corrected chi connectivity index (χ2v) is 13.6. The van der Waals surface area contributed by atoms with Gasteiger partial charge in [0.15, 0.2) is 11.6 Å². The Morgan fingerprint density at radius 3 is 2.91 bits per heavy atom. The summed E-state index contributed by atoms with van der Waals surface area (Å²) in [5.74, 6) is -0.644. The Labute approximate surface area is 260 Å². The molecule has 44 heavy (non-hydrogen) atoms. The average Bonchev–Trinajstić information content (AvgIpc) is 3.76. The van der Waals surface area contributed by atoms with E-state index in [2.05, 4.69) is 14.8 Å². The highest BCUT2D eigenvalue weighted by Crippen LogP contribution is 2.51. The largest absolute Gasteiger partial charge is 0.491 e. The van der Waals surface area contributed by atoms with E-state index in [4.69, 9.17) is 31.8 Å². The topological polar surface area (TPSA) is 101 Å². The van der Waals surface area contributed by atoms with Crippen LogP contribution in [0.3, 0.4) is 0 Å². The quantitative estimate of drug-likeness (QED) is 0.266. The van der Waals surface area contributed by atoms with Gasteiger partial charge >= 0.3 is 6.01 Å². The Morgan fingerprint density at radius 2 is 2.07 bits per heavy atom. The zero-order valence-electron chi connectivity index (χ0n) is 23.6. The van der Waals surface area contributed by atoms with Crippen LogP contribution < -0.4 is 20.1 Å². The number of nitrogen functional groups attached to an aromatic ring is 1. The number of aromatic nitrogens is 2. The predicted octanol–water partition coefficient (Wildman–Crippen LogP) is 6.60. The molecule has 8 rings (SSSR count). The van der Waals surface area contributed by atoms with Crippen LogP contribution in [0, 0.1) is 23.0 Å². The average molecular weight is 641 g/mol. The molecule has 228 valence electrons. The molecule has 4 aliphatic rings. The smallest absolute Gasteiger partial charge is 0.319 e. The number of hydrogen-bond donors (Lipinski definition) is 1. The SMILES string of the molecule is N#Cc1c(N)sc2c(F)ccc(-c3c(Cl)c4c5c(nc(OC[C@@]67CCCN6C[C@H](F)C7)nc5c3F)N3CCC[C@@H]3CCO4)c12. The Morgan fingerprint density at radius 1 is 1.20 bits per heavy atom. The predicted molar refractivity (Wildman–Crippen MR) is 163 cm³/mol. The lowest BCUT2D eigenvalue weighted by Crippen LogP contribution is -2.43. The first-order chi connectivity index (χ1) is 21.3. The minimum absolute atomic E-state index is 0.0119. The fourth-order valence-corrected chi connectivity index (χ4v) is 9.03. The number of thiophene rings is 1. The number of ether oxygens (including phenoxy) is 2. The van der Waals surface area contributed by atoms with Gasteiger partial charge in [0.05, 0.1) is 32.8 Å². The van der Waals surface area contributed by atoms with E-state index in [1.165, 1.54) is 12.1 Å². The summed E-state index contributed by atoms with van der Waals surface area (Å²) < 4.78 is 59.0. The number of nitriles is 1. The third-order valence-electron chi connectivity index (χ3n) is 9.72. The van der Waals surface area contributed by atoms with Gasteiger partial charge in [-0.25, -0.2) is 13.2 Å². The molecule has 3 saturated heterocycles. The summed E-state index contributed by atoms with van der Waals surface area (Å²) in [6, 6.07) is 4.77. The number of nitrogens with zero attached hydrogens (tertiary/aromatic N) is 5. The Kier molecular flexibility index (Phi) is 6.52. The molecule has 0 amide bonds. The van der Waals surface area contributed by atoms with Crippen LogP contribution in [-0.4, -0.2) is 65.5 Å². The first-order valence-corrected chi connectivity index (χ1v) is 16.0. The molecular weight excluding hydrogens is 613 g/mol. The van der Waals surface area contributed by atoms with Gasteiger partial charge in [-0.1, -0.05) is 17.7 Å². The van der Waals surface area contributed by atoms with Crippen molar-refractivity contribution in [2.45, 2.75) is 56.3 Å². The van der Waals surface area contributed by atoms with Crippen molar-refractivity contribution in [2.75, 3.05) is 43.5 Å². The van der Waals surface area contributed by atoms with Gasteiger partial charge in [0.25, 0.3) is 0 Å². The maximum absolute atomic E-state index is 17.0. The Bertz CT molecular complexity index is 1900. The van der Waals surface area contributed by atoms with Crippen molar-refractivity contribution in [3.8, 4) is 29.0 Å². The summed E-state index contributed by atoms with van der Waals surface area (Å²) in [6.45, 7) is 2.44. The van der Waals surface area contributed by atoms with Gasteiger partial charge in [0, 0.05) is 42.9 Å². The first kappa shape index (κ1) is 28.0. The van der Waals surface area contributed by atoms with E-state index < -0.39 is 23.3 Å². The van der Waals surface area contributed by atoms with Crippen LogP contribution in [0.25, 0.3) is 32.1 Å². The standard InChI is InChI=1S/C31H28ClF3N6O2S/c32-23-21(17-4-5-19(34)27-20(17)18(12-36)28(37)44-27)24(35)25-22-26(23)42-10-6-16-3-1-9-41(16)29(22)39-30(38-25)43-14-31-7-2-8-40(31)13-15(33)11-31/h4-5,15-16H,1-3,6-11,13-14,37H2/t15-,16-,31+/m1/s1. The lowest BCUT2D eigenvalue weighted by Gasteiger charge is -2.32. The number of fused-ring (bicyclic) bond motifs is 4. The molecule has 2 N–H and O–H groups in total. The highest BCUT2D eigenvalue weighted by Gasteiger charge is 2.49. The molecule has 4 aromatic rings. The van der Waals surface area contributed by atoms with E-state index in [1.807, 2.05) is 6.07 Å². The molecule has 0 saturated carbocycles. The van der Waals surface area contributed by atoms with Crippen LogP contribution in [0.1, 0.15) is 44.1 Å². The van der Waals surface area contributed by atoms with Crippen molar-refractivity contribution in [3.63, 3.8) is 0 Å². The van der Waals surface area contributed by atoms with E-state index in [0.29, 0.717) is 37.2 Å². The van der Waals surface area contributed by atoms with E-state index >= 15 is 4.39 Å². The van der Waals surface area contributed by atoms with E-state index in [0.717, 1.165) is 50.1 Å². The minimum Gasteiger partial charge on any atom is -0.491 e. The Balaban J connectivity index is 1.35. The normalized spacial score (nSPS) is 24.7. The van der Waals surface area contributed by atoms with Crippen molar-refractivity contribution in [1.29, 1.82) is 5.26 Å². The molecule has 0 spiro atoms. The molecule has 8 nitrogen and oxygen atoms in total. The van der Waals surface area contributed by atoms with Gasteiger partial charge < -0.3 is 20.1 Å². The van der Waals surface area contributed by atoms with Crippen molar-refractivity contribution < 1.29 is 22.6 Å². The fourth-order valence-electron chi connectivity index (χ4n) is 7.75. The zero-order chi connectivity index (χ0) is 30.3. The number of hydrogen-bond acceptors (Lipinski definition) is 9. The lowest BCUT2D eigenvalue weighted by molar-refractivity contribution is 0.107. The Hall–Kier alpha value is -3.53. The molecule has 6 heterocycles. The van der Waals surface area contributed by atoms with Crippen LogP contribution in [0.5, 0.6) is 11.8 Å². The lowest BCUT2D eigenvalue weighted by atomic mass is 9.95. The van der Waals surface area contributed by atoms with Crippen LogP contribution in [-0.2, 0) is 0 Å². The number of benzene rings is 2. The molecule has 4 aliphatic heterocycles. The van der Waals surface area contributed by atoms with Crippen LogP contribution >= 0.6 is 22.9 Å². The van der Waals surface area contributed by atoms with Crippen molar-refractivity contribution >= 4 is 54.7 Å². The molecule has 3 fully saturated rings. The zero-order valence-corrected chi connectivity index (χ0v) is 25.2. The number of anilines is 2. The highest BCUT2D eigenvalue weighted by molar-refractivity contribution is 7.23. The van der Waals surface area contributed by atoms with Crippen LogP contribution in [0.15, 0.2) is 12.1 Å². The molecule has 0 radical (unpaired) electrons. The van der Waals surface area contributed by atoms with Gasteiger partial charge in [-0.15, -0.1) is 11.3 Å². The summed E-state index contributed by atoms with van der Waals surface area (Å²) in [5.41, 5.74) is 5.77. The summed E-state index contributed by atoms with van der Waals surface area (Å²) in [7, 11) is 0. The number of rotatable bonds is 4. The summed E-state index contributed by atoms with van der Waals surface area (Å²) >= 11 is 7.91. The molecule has 13 heteroatoms. The van der Waals surface area contributed by atoms with E-state index in [-0.39, 0.29) is 66.7 Å². The van der Waals surface area contributed by atoms with Crippen LogP contribution in [0.4, 0.5) is 24.0 Å². The molecule has 3 atom stereocenters. The summed E-state index contributed by atoms with van der Waals surface area (Å²) in [6.07, 6.45) is 3.80. The first-order valence-electron chi connectivity index (χ1n) is 14.8. The second-order valence-electron chi connectivity index (χ2n) is 12.1. The molecular formula is C31H28ClF3N6O2S. The van der Waals surface area contributed by atoms with Gasteiger partial charge in [-0.2, -0.15) is 15.2 Å². The van der Waals surface area contributed by atoms with Crippen molar-refractivity contribution in [1.82, 2.24) is 14.9 Å². The van der Waals surface area contributed by atoms with E-state index in [9.17, 15) is 14.0 Å². The minimum atomic E-state index is -0.922. The molecule has 0 aliphatic carbocycles. The second kappa shape index (κ2) is 10.3. The monoisotopic (exact) mass is 640 g/mol. The maximum atomic E-state index is 17.0. The van der Waals surface area contributed by atoms with Gasteiger partial charge in [-0.3, -0.25) is 4.90 Å². The van der Waals surface area contributed by atoms with Gasteiger partial charge in [0.1, 0.15) is 41.0 Å². The number of nitrogens with two attached hydrogens (primary N) is 1. The summed E-state index contributed by atoms with van der Waals surface area (Å²) in [4.78, 5) is 13.7. The molecule has 2 aromatic carbocycles. The van der Waals surface area contributed by atoms with E-state index in [1.54, 1.807) is 0 Å². The van der Waals surface area contributed by atoms with Crippen molar-refractivity contribution in [3.05, 3.63) is 34.4 Å². The number of halogens is 4. The van der Waals surface area contributed by atoms with Gasteiger partial charge in [-0.05, 0) is 43.9 Å². The molecule has 0 bridgehead atoms. The maximum Gasteiger partial charge on any atom is 0.319 e. The van der Waals surface area contributed by atoms with Crippen LogP contribution in [0.2, 0.25) is 5.02 Å². The van der Waals surface area contributed by atoms with Crippen molar-refractivity contribution in [2.24, 2.45) is 0 Å². The third-order valence-corrected chi connectivity index (χ3v) is 11.1.